The molecule has 2 heterocycles. The highest BCUT2D eigenvalue weighted by atomic mass is 19.1. The van der Waals surface area contributed by atoms with Crippen LogP contribution in [0.4, 0.5) is 4.39 Å². The average molecular weight is 275 g/mol. The van der Waals surface area contributed by atoms with Gasteiger partial charge in [0.05, 0.1) is 11.8 Å². The molecule has 4 nitrogen and oxygen atoms in total. The van der Waals surface area contributed by atoms with Gasteiger partial charge < -0.3 is 5.11 Å². The molecule has 0 bridgehead atoms. The number of likely N-dealkylation sites (tertiary alicyclic amines) is 1. The Bertz CT molecular complexity index is 581. The van der Waals surface area contributed by atoms with Crippen LogP contribution in [0, 0.1) is 5.82 Å². The molecule has 3 rings (SSSR count). The summed E-state index contributed by atoms with van der Waals surface area (Å²) in [5.74, 6) is -0.231. The SMILES string of the molecule is Cn1nccc1CN1C[C@H](O)C[C@@H]1c1ccc(F)cc1. The number of aryl methyl sites for hydroxylation is 1. The monoisotopic (exact) mass is 275 g/mol. The molecule has 1 aromatic heterocycles. The zero-order chi connectivity index (χ0) is 14.1. The predicted molar refractivity (Wildman–Crippen MR) is 73.4 cm³/mol. The Labute approximate surface area is 117 Å². The van der Waals surface area contributed by atoms with Gasteiger partial charge in [-0.15, -0.1) is 0 Å². The second-order valence-corrected chi connectivity index (χ2v) is 5.33. The van der Waals surface area contributed by atoms with E-state index < -0.39 is 0 Å². The molecule has 0 aliphatic carbocycles. The van der Waals surface area contributed by atoms with Gasteiger partial charge in [0.1, 0.15) is 5.82 Å². The fourth-order valence-corrected chi connectivity index (χ4v) is 2.85. The van der Waals surface area contributed by atoms with E-state index in [9.17, 15) is 9.50 Å². The van der Waals surface area contributed by atoms with Crippen LogP contribution in [0.15, 0.2) is 36.5 Å². The molecule has 0 unspecified atom stereocenters. The first-order chi connectivity index (χ1) is 9.63. The van der Waals surface area contributed by atoms with Gasteiger partial charge in [-0.25, -0.2) is 4.39 Å². The van der Waals surface area contributed by atoms with Crippen LogP contribution < -0.4 is 0 Å². The van der Waals surface area contributed by atoms with E-state index in [1.165, 1.54) is 12.1 Å². The van der Waals surface area contributed by atoms with Gasteiger partial charge in [-0.3, -0.25) is 9.58 Å². The van der Waals surface area contributed by atoms with Gasteiger partial charge in [0.15, 0.2) is 0 Å². The minimum atomic E-state index is -0.335. The van der Waals surface area contributed by atoms with Crippen LogP contribution in [0.25, 0.3) is 0 Å². The van der Waals surface area contributed by atoms with Crippen LogP contribution in [0.1, 0.15) is 23.7 Å². The Morgan fingerprint density at radius 3 is 2.70 bits per heavy atom. The third kappa shape index (κ3) is 2.59. The number of aliphatic hydroxyl groups is 1. The highest BCUT2D eigenvalue weighted by molar-refractivity contribution is 5.22. The van der Waals surface area contributed by atoms with Crippen LogP contribution in [-0.2, 0) is 13.6 Å². The van der Waals surface area contributed by atoms with Crippen molar-refractivity contribution >= 4 is 0 Å². The normalized spacial score (nSPS) is 23.4. The number of rotatable bonds is 3. The molecule has 1 N–H and O–H groups in total. The van der Waals surface area contributed by atoms with Gasteiger partial charge in [-0.05, 0) is 30.2 Å². The summed E-state index contributed by atoms with van der Waals surface area (Å²) < 4.78 is 14.9. The van der Waals surface area contributed by atoms with Crippen molar-refractivity contribution in [2.45, 2.75) is 25.1 Å². The summed E-state index contributed by atoms with van der Waals surface area (Å²) in [6.45, 7) is 1.36. The molecule has 5 heteroatoms. The Morgan fingerprint density at radius 1 is 1.30 bits per heavy atom. The van der Waals surface area contributed by atoms with Crippen LogP contribution in [-0.4, -0.2) is 32.4 Å². The third-order valence-corrected chi connectivity index (χ3v) is 3.92. The van der Waals surface area contributed by atoms with Gasteiger partial charge in [0.25, 0.3) is 0 Å². The molecule has 2 atom stereocenters. The molecular weight excluding hydrogens is 257 g/mol. The maximum atomic E-state index is 13.0. The molecule has 1 aromatic carbocycles. The summed E-state index contributed by atoms with van der Waals surface area (Å²) in [6, 6.07) is 8.65. The van der Waals surface area contributed by atoms with Gasteiger partial charge in [-0.2, -0.15) is 5.10 Å². The molecule has 1 fully saturated rings. The Morgan fingerprint density at radius 2 is 2.05 bits per heavy atom. The van der Waals surface area contributed by atoms with E-state index in [4.69, 9.17) is 0 Å². The van der Waals surface area contributed by atoms with Crippen LogP contribution in [0.2, 0.25) is 0 Å². The van der Waals surface area contributed by atoms with Crippen LogP contribution in [0.3, 0.4) is 0 Å². The number of aromatic nitrogens is 2. The molecule has 0 radical (unpaired) electrons. The van der Waals surface area contributed by atoms with E-state index in [1.54, 1.807) is 18.3 Å². The summed E-state index contributed by atoms with van der Waals surface area (Å²) in [5, 5.41) is 14.1. The highest BCUT2D eigenvalue weighted by Crippen LogP contribution is 2.33. The first kappa shape index (κ1) is 13.3. The second kappa shape index (κ2) is 5.34. The van der Waals surface area contributed by atoms with E-state index >= 15 is 0 Å². The lowest BCUT2D eigenvalue weighted by Gasteiger charge is -2.24. The number of nitrogens with zero attached hydrogens (tertiary/aromatic N) is 3. The number of hydrogen-bond donors (Lipinski definition) is 1. The van der Waals surface area contributed by atoms with Crippen molar-refractivity contribution in [2.75, 3.05) is 6.54 Å². The molecule has 1 saturated heterocycles. The molecule has 1 aliphatic heterocycles. The van der Waals surface area contributed by atoms with Crippen molar-refractivity contribution in [1.29, 1.82) is 0 Å². The highest BCUT2D eigenvalue weighted by Gasteiger charge is 2.32. The van der Waals surface area contributed by atoms with Gasteiger partial charge in [0.2, 0.25) is 0 Å². The summed E-state index contributed by atoms with van der Waals surface area (Å²) in [7, 11) is 1.91. The van der Waals surface area contributed by atoms with Gasteiger partial charge >= 0.3 is 0 Å². The third-order valence-electron chi connectivity index (χ3n) is 3.92. The van der Waals surface area contributed by atoms with Gasteiger partial charge in [-0.1, -0.05) is 12.1 Å². The summed E-state index contributed by atoms with van der Waals surface area (Å²) in [5.41, 5.74) is 2.15. The maximum Gasteiger partial charge on any atom is 0.123 e. The first-order valence-corrected chi connectivity index (χ1v) is 6.78. The molecule has 1 aliphatic rings. The predicted octanol–water partition coefficient (Wildman–Crippen LogP) is 1.87. The smallest absolute Gasteiger partial charge is 0.123 e. The fourth-order valence-electron chi connectivity index (χ4n) is 2.85. The second-order valence-electron chi connectivity index (χ2n) is 5.33. The quantitative estimate of drug-likeness (QED) is 0.929. The number of aliphatic hydroxyl groups excluding tert-OH is 1. The zero-order valence-corrected chi connectivity index (χ0v) is 11.4. The average Bonchev–Trinajstić information content (AvgIpc) is 2.98. The lowest BCUT2D eigenvalue weighted by molar-refractivity contribution is 0.171. The molecule has 0 amide bonds. The van der Waals surface area contributed by atoms with Gasteiger partial charge in [0, 0.05) is 32.4 Å². The topological polar surface area (TPSA) is 41.3 Å². The number of halogens is 1. The Kier molecular flexibility index (Phi) is 3.54. The Hall–Kier alpha value is -1.72. The maximum absolute atomic E-state index is 13.0. The van der Waals surface area contributed by atoms with Crippen LogP contribution in [0.5, 0.6) is 0 Å². The van der Waals surface area contributed by atoms with E-state index in [2.05, 4.69) is 10.00 Å². The van der Waals surface area contributed by atoms with Crippen LogP contribution >= 0.6 is 0 Å². The summed E-state index contributed by atoms with van der Waals surface area (Å²) in [4.78, 5) is 2.22. The molecule has 0 spiro atoms. The number of hydrogen-bond acceptors (Lipinski definition) is 3. The van der Waals surface area contributed by atoms with Crippen molar-refractivity contribution in [3.05, 3.63) is 53.6 Å². The van der Waals surface area contributed by atoms with E-state index in [0.717, 1.165) is 17.8 Å². The van der Waals surface area contributed by atoms with Crippen molar-refractivity contribution in [1.82, 2.24) is 14.7 Å². The zero-order valence-electron chi connectivity index (χ0n) is 11.4. The Balaban J connectivity index is 1.81. The molecular formula is C15H18FN3O. The summed E-state index contributed by atoms with van der Waals surface area (Å²) in [6.07, 6.45) is 2.12. The standard InChI is InChI=1S/C15H18FN3O/c1-18-13(6-7-17-18)9-19-10-14(20)8-15(19)11-2-4-12(16)5-3-11/h2-7,14-15,20H,8-10H2,1H3/t14-,15-/m1/s1. The lowest BCUT2D eigenvalue weighted by Crippen LogP contribution is -2.25. The molecule has 2 aromatic rings. The molecule has 0 saturated carbocycles. The van der Waals surface area contributed by atoms with E-state index in [-0.39, 0.29) is 18.0 Å². The number of β-amino-alcohol motifs (C(OH)–C–C–N with tert-alkyl or cyclic N) is 1. The fraction of sp³-hybridized carbons (Fsp3) is 0.400. The lowest BCUT2D eigenvalue weighted by atomic mass is 10.0. The molecule has 106 valence electrons. The molecule has 20 heavy (non-hydrogen) atoms. The van der Waals surface area contributed by atoms with E-state index in [1.807, 2.05) is 17.8 Å². The number of benzene rings is 1. The minimum Gasteiger partial charge on any atom is -0.392 e. The largest absolute Gasteiger partial charge is 0.392 e. The summed E-state index contributed by atoms with van der Waals surface area (Å²) >= 11 is 0. The van der Waals surface area contributed by atoms with E-state index in [0.29, 0.717) is 13.0 Å². The van der Waals surface area contributed by atoms with Crippen molar-refractivity contribution < 1.29 is 9.50 Å². The van der Waals surface area contributed by atoms with Crippen molar-refractivity contribution in [3.8, 4) is 0 Å². The first-order valence-electron chi connectivity index (χ1n) is 6.78. The van der Waals surface area contributed by atoms with Crippen molar-refractivity contribution in [3.63, 3.8) is 0 Å². The minimum absolute atomic E-state index is 0.125. The van der Waals surface area contributed by atoms with Crippen molar-refractivity contribution in [2.24, 2.45) is 7.05 Å².